The number of hydrogen-bond donors (Lipinski definition) is 3. The zero-order chi connectivity index (χ0) is 26.4. The zero-order valence-electron chi connectivity index (χ0n) is 21.8. The molecule has 3 aromatic rings. The van der Waals surface area contributed by atoms with Crippen molar-refractivity contribution >= 4 is 16.0 Å². The van der Waals surface area contributed by atoms with Gasteiger partial charge in [0.25, 0.3) is 10.0 Å². The van der Waals surface area contributed by atoms with E-state index in [1.165, 1.54) is 16.7 Å². The summed E-state index contributed by atoms with van der Waals surface area (Å²) in [7, 11) is -3.83. The number of fused-ring (bicyclic) bond motifs is 1. The molecule has 2 heterocycles. The van der Waals surface area contributed by atoms with Crippen molar-refractivity contribution < 1.29 is 8.42 Å². The molecule has 0 radical (unpaired) electrons. The molecule has 8 heteroatoms. The van der Waals surface area contributed by atoms with Crippen LogP contribution in [0.4, 0.5) is 0 Å². The monoisotopic (exact) mass is 531 g/mol. The fourth-order valence-electron chi connectivity index (χ4n) is 5.42. The number of hydrogen-bond acceptors (Lipinski definition) is 5. The van der Waals surface area contributed by atoms with Crippen LogP contribution in [-0.2, 0) is 36.0 Å². The maximum absolute atomic E-state index is 13.1. The van der Waals surface area contributed by atoms with Crippen LogP contribution in [0.15, 0.2) is 83.8 Å². The summed E-state index contributed by atoms with van der Waals surface area (Å²) in [6.45, 7) is 5.48. The Morgan fingerprint density at radius 1 is 0.763 bits per heavy atom. The first kappa shape index (κ1) is 26.4. The molecule has 2 aliphatic rings. The van der Waals surface area contributed by atoms with Gasteiger partial charge in [0.2, 0.25) is 5.96 Å². The van der Waals surface area contributed by atoms with Gasteiger partial charge in [0.05, 0.1) is 4.90 Å². The standard InChI is InChI=1S/C30H37N5O2S/c31-30(32-28-15-19-35(20-16-28)23-25-9-5-2-6-10-25)33-38(36,37)29-12-11-26-13-17-34(18-14-27(26)21-29)22-24-7-3-1-4-8-24/h1-12,21,28H,13-20,22-23H2,(H3,31,32,33). The summed E-state index contributed by atoms with van der Waals surface area (Å²) >= 11 is 0. The van der Waals surface area contributed by atoms with Gasteiger partial charge in [-0.25, -0.2) is 13.1 Å². The van der Waals surface area contributed by atoms with Gasteiger partial charge < -0.3 is 5.32 Å². The van der Waals surface area contributed by atoms with E-state index in [1.54, 1.807) is 12.1 Å². The fraction of sp³-hybridized carbons (Fsp3) is 0.367. The summed E-state index contributed by atoms with van der Waals surface area (Å²) in [4.78, 5) is 5.04. The van der Waals surface area contributed by atoms with Crippen LogP contribution in [0.3, 0.4) is 0 Å². The van der Waals surface area contributed by atoms with Crippen molar-refractivity contribution in [3.05, 3.63) is 101 Å². The van der Waals surface area contributed by atoms with Crippen LogP contribution in [0.25, 0.3) is 0 Å². The third kappa shape index (κ3) is 7.01. The quantitative estimate of drug-likeness (QED) is 0.319. The minimum absolute atomic E-state index is 0.0832. The van der Waals surface area contributed by atoms with Crippen LogP contribution in [-0.4, -0.2) is 56.4 Å². The van der Waals surface area contributed by atoms with Gasteiger partial charge in [0.15, 0.2) is 0 Å². The van der Waals surface area contributed by atoms with Crippen molar-refractivity contribution in [1.29, 1.82) is 5.41 Å². The van der Waals surface area contributed by atoms with Crippen molar-refractivity contribution in [3.8, 4) is 0 Å². The molecule has 7 nitrogen and oxygen atoms in total. The van der Waals surface area contributed by atoms with Gasteiger partial charge in [-0.2, -0.15) is 0 Å². The number of likely N-dealkylation sites (tertiary alicyclic amines) is 1. The normalized spacial score (nSPS) is 17.4. The summed E-state index contributed by atoms with van der Waals surface area (Å²) in [5.74, 6) is -0.157. The van der Waals surface area contributed by atoms with Crippen LogP contribution in [0.2, 0.25) is 0 Å². The third-order valence-electron chi connectivity index (χ3n) is 7.55. The molecule has 200 valence electrons. The predicted molar refractivity (Wildman–Crippen MR) is 151 cm³/mol. The Balaban J connectivity index is 1.12. The highest BCUT2D eigenvalue weighted by Crippen LogP contribution is 2.22. The van der Waals surface area contributed by atoms with Gasteiger partial charge in [0, 0.05) is 45.3 Å². The van der Waals surface area contributed by atoms with E-state index in [9.17, 15) is 8.42 Å². The summed E-state index contributed by atoms with van der Waals surface area (Å²) in [6.07, 6.45) is 3.45. The molecule has 0 saturated carbocycles. The molecular formula is C30H37N5O2S. The molecule has 0 amide bonds. The minimum atomic E-state index is -3.83. The van der Waals surface area contributed by atoms with Gasteiger partial charge in [-0.3, -0.25) is 15.2 Å². The number of guanidine groups is 1. The van der Waals surface area contributed by atoms with Gasteiger partial charge in [-0.1, -0.05) is 66.7 Å². The molecule has 0 aliphatic carbocycles. The first-order chi connectivity index (χ1) is 18.4. The smallest absolute Gasteiger partial charge is 0.264 e. The Labute approximate surface area is 226 Å². The Kier molecular flexibility index (Phi) is 8.42. The first-order valence-electron chi connectivity index (χ1n) is 13.5. The van der Waals surface area contributed by atoms with Crippen LogP contribution in [0.5, 0.6) is 0 Å². The van der Waals surface area contributed by atoms with Crippen molar-refractivity contribution in [2.24, 2.45) is 0 Å². The maximum atomic E-state index is 13.1. The van der Waals surface area contributed by atoms with Crippen LogP contribution in [0.1, 0.15) is 35.1 Å². The van der Waals surface area contributed by atoms with Crippen LogP contribution < -0.4 is 10.0 Å². The van der Waals surface area contributed by atoms with Gasteiger partial charge in [0.1, 0.15) is 0 Å². The molecule has 1 fully saturated rings. The summed E-state index contributed by atoms with van der Waals surface area (Å²) in [6, 6.07) is 26.3. The Hall–Kier alpha value is -3.20. The Morgan fingerprint density at radius 3 is 1.92 bits per heavy atom. The lowest BCUT2D eigenvalue weighted by Gasteiger charge is -2.32. The number of rotatable bonds is 7. The largest absolute Gasteiger partial charge is 0.353 e. The number of piperidine rings is 1. The average molecular weight is 532 g/mol. The van der Waals surface area contributed by atoms with Crippen LogP contribution >= 0.6 is 0 Å². The molecule has 0 spiro atoms. The van der Waals surface area contributed by atoms with E-state index >= 15 is 0 Å². The van der Waals surface area contributed by atoms with Crippen molar-refractivity contribution in [3.63, 3.8) is 0 Å². The van der Waals surface area contributed by atoms with Crippen molar-refractivity contribution in [1.82, 2.24) is 19.8 Å². The van der Waals surface area contributed by atoms with Crippen molar-refractivity contribution in [2.45, 2.75) is 49.7 Å². The number of sulfonamides is 1. The average Bonchev–Trinajstić information content (AvgIpc) is 3.12. The molecule has 38 heavy (non-hydrogen) atoms. The van der Waals surface area contributed by atoms with Crippen molar-refractivity contribution in [2.75, 3.05) is 26.2 Å². The minimum Gasteiger partial charge on any atom is -0.353 e. The van der Waals surface area contributed by atoms with E-state index in [2.05, 4.69) is 68.4 Å². The van der Waals surface area contributed by atoms with E-state index in [0.717, 1.165) is 70.5 Å². The molecule has 3 N–H and O–H groups in total. The second-order valence-corrected chi connectivity index (χ2v) is 12.0. The molecule has 0 bridgehead atoms. The van der Waals surface area contributed by atoms with Crippen LogP contribution in [0, 0.1) is 5.41 Å². The number of nitrogens with zero attached hydrogens (tertiary/aromatic N) is 2. The Bertz CT molecular complexity index is 1320. The summed E-state index contributed by atoms with van der Waals surface area (Å²) in [5, 5.41) is 11.4. The molecule has 2 aliphatic heterocycles. The second-order valence-electron chi connectivity index (χ2n) is 10.4. The van der Waals surface area contributed by atoms with Gasteiger partial charge in [-0.05, 0) is 60.1 Å². The number of nitrogens with one attached hydrogen (secondary N) is 3. The zero-order valence-corrected chi connectivity index (χ0v) is 22.6. The van der Waals surface area contributed by atoms with E-state index in [-0.39, 0.29) is 16.9 Å². The number of benzene rings is 3. The highest BCUT2D eigenvalue weighted by molar-refractivity contribution is 7.90. The molecule has 3 aromatic carbocycles. The fourth-order valence-corrected chi connectivity index (χ4v) is 6.41. The lowest BCUT2D eigenvalue weighted by molar-refractivity contribution is 0.198. The summed E-state index contributed by atoms with van der Waals surface area (Å²) in [5.41, 5.74) is 4.87. The molecule has 0 aromatic heterocycles. The first-order valence-corrected chi connectivity index (χ1v) is 15.0. The molecule has 5 rings (SSSR count). The molecule has 0 unspecified atom stereocenters. The second kappa shape index (κ2) is 12.1. The van der Waals surface area contributed by atoms with E-state index in [4.69, 9.17) is 5.41 Å². The summed E-state index contributed by atoms with van der Waals surface area (Å²) < 4.78 is 28.7. The third-order valence-corrected chi connectivity index (χ3v) is 8.90. The molecular weight excluding hydrogens is 494 g/mol. The van der Waals surface area contributed by atoms with Gasteiger partial charge >= 0.3 is 0 Å². The van der Waals surface area contributed by atoms with E-state index in [1.807, 2.05) is 18.2 Å². The lowest BCUT2D eigenvalue weighted by Crippen LogP contribution is -2.49. The van der Waals surface area contributed by atoms with E-state index < -0.39 is 10.0 Å². The highest BCUT2D eigenvalue weighted by atomic mass is 32.2. The molecule has 1 saturated heterocycles. The maximum Gasteiger partial charge on any atom is 0.264 e. The van der Waals surface area contributed by atoms with Gasteiger partial charge in [-0.15, -0.1) is 0 Å². The van der Waals surface area contributed by atoms with E-state index in [0.29, 0.717) is 0 Å². The topological polar surface area (TPSA) is 88.5 Å². The molecule has 0 atom stereocenters. The lowest BCUT2D eigenvalue weighted by atomic mass is 10.0. The predicted octanol–water partition coefficient (Wildman–Crippen LogP) is 3.75. The Morgan fingerprint density at radius 2 is 1.32 bits per heavy atom. The SMILES string of the molecule is N=C(NC1CCN(Cc2ccccc2)CC1)NS(=O)(=O)c1ccc2c(c1)CCN(Cc1ccccc1)CC2. The highest BCUT2D eigenvalue weighted by Gasteiger charge is 2.23.